The predicted molar refractivity (Wildman–Crippen MR) is 92.5 cm³/mol. The van der Waals surface area contributed by atoms with Gasteiger partial charge in [-0.3, -0.25) is 0 Å². The number of benzene rings is 1. The Morgan fingerprint density at radius 2 is 1.50 bits per heavy atom. The van der Waals surface area contributed by atoms with E-state index < -0.39 is 0 Å². The van der Waals surface area contributed by atoms with Crippen LogP contribution in [0.15, 0.2) is 12.1 Å². The molecule has 5 nitrogen and oxygen atoms in total. The van der Waals surface area contributed by atoms with E-state index in [0.717, 1.165) is 24.5 Å². The molecule has 1 aliphatic heterocycles. The van der Waals surface area contributed by atoms with Crippen LogP contribution in [0.1, 0.15) is 29.6 Å². The van der Waals surface area contributed by atoms with Crippen molar-refractivity contribution < 1.29 is 9.53 Å². The molecule has 0 atom stereocenters. The van der Waals surface area contributed by atoms with Gasteiger partial charge >= 0.3 is 5.97 Å². The van der Waals surface area contributed by atoms with Gasteiger partial charge in [-0.1, -0.05) is 0 Å². The Balaban J connectivity index is 2.59. The molecule has 1 aromatic rings. The number of esters is 1. The van der Waals surface area contributed by atoms with Crippen LogP contribution in [0.4, 0.5) is 17.1 Å². The normalized spacial score (nSPS) is 14.7. The number of piperidine rings is 1. The Labute approximate surface area is 133 Å². The van der Waals surface area contributed by atoms with Crippen molar-refractivity contribution in [3.8, 4) is 0 Å². The molecule has 0 aliphatic carbocycles. The molecule has 2 rings (SSSR count). The minimum Gasteiger partial charge on any atom is -0.465 e. The van der Waals surface area contributed by atoms with Crippen LogP contribution in [0.25, 0.3) is 0 Å². The van der Waals surface area contributed by atoms with Gasteiger partial charge in [0.2, 0.25) is 0 Å². The zero-order valence-corrected chi connectivity index (χ0v) is 14.3. The minimum absolute atomic E-state index is 0.295. The van der Waals surface area contributed by atoms with Crippen LogP contribution >= 0.6 is 0 Å². The van der Waals surface area contributed by atoms with Crippen LogP contribution in [0.2, 0.25) is 0 Å². The van der Waals surface area contributed by atoms with E-state index in [4.69, 9.17) is 4.74 Å². The van der Waals surface area contributed by atoms with Gasteiger partial charge in [-0.15, -0.1) is 0 Å². The highest BCUT2D eigenvalue weighted by atomic mass is 16.5. The number of ether oxygens (including phenoxy) is 1. The van der Waals surface area contributed by atoms with E-state index in [1.54, 1.807) is 0 Å². The zero-order chi connectivity index (χ0) is 16.3. The molecule has 0 amide bonds. The lowest BCUT2D eigenvalue weighted by Gasteiger charge is -2.35. The lowest BCUT2D eigenvalue weighted by atomic mass is 10.0. The van der Waals surface area contributed by atoms with Gasteiger partial charge in [0.15, 0.2) is 0 Å². The molecule has 1 aromatic carbocycles. The number of hydrogen-bond acceptors (Lipinski definition) is 5. The van der Waals surface area contributed by atoms with E-state index in [0.29, 0.717) is 5.56 Å². The number of rotatable bonds is 4. The van der Waals surface area contributed by atoms with E-state index in [1.807, 2.05) is 40.3 Å². The van der Waals surface area contributed by atoms with Crippen LogP contribution in [0.3, 0.4) is 0 Å². The van der Waals surface area contributed by atoms with Gasteiger partial charge in [0.05, 0.1) is 29.7 Å². The largest absolute Gasteiger partial charge is 0.465 e. The predicted octanol–water partition coefficient (Wildman–Crippen LogP) is 2.60. The van der Waals surface area contributed by atoms with Crippen molar-refractivity contribution >= 4 is 23.0 Å². The van der Waals surface area contributed by atoms with Crippen molar-refractivity contribution in [2.75, 3.05) is 63.1 Å². The van der Waals surface area contributed by atoms with Crippen molar-refractivity contribution in [2.45, 2.75) is 19.3 Å². The lowest BCUT2D eigenvalue weighted by molar-refractivity contribution is 0.0601. The summed E-state index contributed by atoms with van der Waals surface area (Å²) in [5.74, 6) is -0.295. The van der Waals surface area contributed by atoms with Crippen molar-refractivity contribution in [3.63, 3.8) is 0 Å². The highest BCUT2D eigenvalue weighted by Gasteiger charge is 2.23. The van der Waals surface area contributed by atoms with Gasteiger partial charge in [-0.2, -0.15) is 0 Å². The summed E-state index contributed by atoms with van der Waals surface area (Å²) in [6.45, 7) is 2.14. The molecule has 0 saturated carbocycles. The maximum absolute atomic E-state index is 12.0. The van der Waals surface area contributed by atoms with Crippen LogP contribution in [0.5, 0.6) is 0 Å². The molecular formula is C17H27N3O2. The molecule has 0 spiro atoms. The van der Waals surface area contributed by atoms with Crippen LogP contribution < -0.4 is 14.7 Å². The molecule has 22 heavy (non-hydrogen) atoms. The topological polar surface area (TPSA) is 36.0 Å². The van der Waals surface area contributed by atoms with Crippen LogP contribution in [-0.4, -0.2) is 54.4 Å². The highest BCUT2D eigenvalue weighted by molar-refractivity contribution is 5.97. The third-order valence-corrected chi connectivity index (χ3v) is 4.13. The molecule has 1 aliphatic rings. The number of carbonyl (C=O) groups is 1. The number of nitrogens with zero attached hydrogens (tertiary/aromatic N) is 3. The Morgan fingerprint density at radius 1 is 1.00 bits per heavy atom. The highest BCUT2D eigenvalue weighted by Crippen LogP contribution is 2.40. The van der Waals surface area contributed by atoms with Crippen LogP contribution in [0, 0.1) is 0 Å². The monoisotopic (exact) mass is 305 g/mol. The SMILES string of the molecule is COC(=O)c1cc(N(C)C)c(N2CCCCC2)c(N(C)C)c1. The smallest absolute Gasteiger partial charge is 0.338 e. The van der Waals surface area contributed by atoms with Gasteiger partial charge in [-0.05, 0) is 31.4 Å². The van der Waals surface area contributed by atoms with E-state index in [2.05, 4.69) is 14.7 Å². The molecule has 0 aromatic heterocycles. The molecule has 0 unspecified atom stereocenters. The van der Waals surface area contributed by atoms with E-state index in [1.165, 1.54) is 32.1 Å². The van der Waals surface area contributed by atoms with Gasteiger partial charge in [0, 0.05) is 41.3 Å². The number of anilines is 3. The Hall–Kier alpha value is -1.91. The fraction of sp³-hybridized carbons (Fsp3) is 0.588. The van der Waals surface area contributed by atoms with E-state index in [-0.39, 0.29) is 5.97 Å². The zero-order valence-electron chi connectivity index (χ0n) is 14.3. The first-order chi connectivity index (χ1) is 10.5. The molecule has 1 saturated heterocycles. The van der Waals surface area contributed by atoms with Crippen molar-refractivity contribution in [1.82, 2.24) is 0 Å². The van der Waals surface area contributed by atoms with Crippen molar-refractivity contribution in [2.24, 2.45) is 0 Å². The molecule has 0 N–H and O–H groups in total. The average Bonchev–Trinajstić information content (AvgIpc) is 2.53. The first-order valence-corrected chi connectivity index (χ1v) is 7.81. The average molecular weight is 305 g/mol. The van der Waals surface area contributed by atoms with Gasteiger partial charge in [0.1, 0.15) is 0 Å². The summed E-state index contributed by atoms with van der Waals surface area (Å²) in [5.41, 5.74) is 3.93. The maximum Gasteiger partial charge on any atom is 0.338 e. The third kappa shape index (κ3) is 3.29. The summed E-state index contributed by atoms with van der Waals surface area (Å²) in [6.07, 6.45) is 3.74. The van der Waals surface area contributed by atoms with Crippen molar-refractivity contribution in [3.05, 3.63) is 17.7 Å². The van der Waals surface area contributed by atoms with Gasteiger partial charge in [-0.25, -0.2) is 4.79 Å². The van der Waals surface area contributed by atoms with E-state index in [9.17, 15) is 4.79 Å². The quantitative estimate of drug-likeness (QED) is 0.799. The molecular weight excluding hydrogens is 278 g/mol. The summed E-state index contributed by atoms with van der Waals surface area (Å²) in [6, 6.07) is 3.87. The maximum atomic E-state index is 12.0. The second kappa shape index (κ2) is 6.90. The Kier molecular flexibility index (Phi) is 5.16. The summed E-state index contributed by atoms with van der Waals surface area (Å²) in [7, 11) is 9.49. The Morgan fingerprint density at radius 3 is 1.91 bits per heavy atom. The molecule has 0 bridgehead atoms. The first-order valence-electron chi connectivity index (χ1n) is 7.81. The van der Waals surface area contributed by atoms with Gasteiger partial charge < -0.3 is 19.4 Å². The molecule has 1 fully saturated rings. The molecule has 1 heterocycles. The van der Waals surface area contributed by atoms with E-state index >= 15 is 0 Å². The second-order valence-electron chi connectivity index (χ2n) is 6.19. The summed E-state index contributed by atoms with van der Waals surface area (Å²) < 4.78 is 4.90. The summed E-state index contributed by atoms with van der Waals surface area (Å²) >= 11 is 0. The lowest BCUT2D eigenvalue weighted by Crippen LogP contribution is -2.32. The van der Waals surface area contributed by atoms with Crippen molar-refractivity contribution in [1.29, 1.82) is 0 Å². The van der Waals surface area contributed by atoms with Crippen LogP contribution in [-0.2, 0) is 4.74 Å². The second-order valence-corrected chi connectivity index (χ2v) is 6.19. The molecule has 0 radical (unpaired) electrons. The number of carbonyl (C=O) groups excluding carboxylic acids is 1. The third-order valence-electron chi connectivity index (χ3n) is 4.13. The minimum atomic E-state index is -0.295. The fourth-order valence-electron chi connectivity index (χ4n) is 2.96. The molecule has 5 heteroatoms. The Bertz CT molecular complexity index is 506. The summed E-state index contributed by atoms with van der Waals surface area (Å²) in [4.78, 5) is 18.6. The standard InChI is InChI=1S/C17H27N3O2/c1-18(2)14-11-13(17(21)22-5)12-15(19(3)4)16(14)20-9-7-6-8-10-20/h11-12H,6-10H2,1-5H3. The fourth-order valence-corrected chi connectivity index (χ4v) is 2.96. The number of methoxy groups -OCH3 is 1. The number of hydrogen-bond donors (Lipinski definition) is 0. The first kappa shape index (κ1) is 16.5. The summed E-state index contributed by atoms with van der Waals surface area (Å²) in [5, 5.41) is 0. The van der Waals surface area contributed by atoms with Gasteiger partial charge in [0.25, 0.3) is 0 Å². The molecule has 122 valence electrons.